The Morgan fingerprint density at radius 2 is 1.87 bits per heavy atom. The fourth-order valence-electron chi connectivity index (χ4n) is 3.02. The molecule has 0 saturated carbocycles. The van der Waals surface area contributed by atoms with E-state index in [4.69, 9.17) is 10.5 Å². The quantitative estimate of drug-likeness (QED) is 0.388. The number of anilines is 2. The number of ether oxygens (including phenoxy) is 1. The Hall–Kier alpha value is -2.95. The Kier molecular flexibility index (Phi) is 7.39. The lowest BCUT2D eigenvalue weighted by atomic mass is 10.2. The average molecular weight is 432 g/mol. The molecular weight excluding hydrogens is 406 g/mol. The van der Waals surface area contributed by atoms with Crippen molar-refractivity contribution in [3.8, 4) is 0 Å². The maximum atomic E-state index is 13.0. The van der Waals surface area contributed by atoms with Gasteiger partial charge in [-0.2, -0.15) is 0 Å². The highest BCUT2D eigenvalue weighted by Crippen LogP contribution is 2.26. The van der Waals surface area contributed by atoms with Crippen molar-refractivity contribution in [2.24, 2.45) is 0 Å². The highest BCUT2D eigenvalue weighted by Gasteiger charge is 2.29. The van der Waals surface area contributed by atoms with Crippen LogP contribution in [0.4, 0.5) is 11.8 Å². The number of rotatable bonds is 7. The van der Waals surface area contributed by atoms with Gasteiger partial charge in [-0.25, -0.2) is 24.7 Å². The molecule has 0 spiro atoms. The minimum Gasteiger partial charge on any atom is -0.462 e. The van der Waals surface area contributed by atoms with Crippen molar-refractivity contribution >= 4 is 35.4 Å². The predicted octanol–water partition coefficient (Wildman–Crippen LogP) is 1.24. The first-order chi connectivity index (χ1) is 14.5. The summed E-state index contributed by atoms with van der Waals surface area (Å²) < 4.78 is 4.93. The van der Waals surface area contributed by atoms with Gasteiger partial charge >= 0.3 is 5.97 Å². The van der Waals surface area contributed by atoms with Crippen molar-refractivity contribution in [2.45, 2.75) is 30.7 Å². The second-order valence-electron chi connectivity index (χ2n) is 6.55. The van der Waals surface area contributed by atoms with Crippen LogP contribution in [0.3, 0.4) is 0 Å². The second kappa shape index (κ2) is 10.2. The molecule has 160 valence electrons. The van der Waals surface area contributed by atoms with Gasteiger partial charge in [0.15, 0.2) is 5.16 Å². The molecule has 1 aliphatic rings. The summed E-state index contributed by atoms with van der Waals surface area (Å²) in [5.41, 5.74) is 6.01. The zero-order valence-corrected chi connectivity index (χ0v) is 17.8. The van der Waals surface area contributed by atoms with Crippen LogP contribution in [0.5, 0.6) is 0 Å². The number of hydrogen-bond acceptors (Lipinski definition) is 10. The standard InChI is InChI=1S/C19H25N7O3S/c1-3-14(30-19-23-12-13(15(20)24-19)17(28)29-4-2)16(27)25-8-10-26(11-9-25)18-21-6-5-7-22-18/h5-7,12,14H,3-4,8-11H2,1-2H3,(H2,20,23,24)/t14-/m0/s1. The average Bonchev–Trinajstić information content (AvgIpc) is 2.78. The molecule has 2 N–H and O–H groups in total. The molecule has 1 fully saturated rings. The van der Waals surface area contributed by atoms with Crippen LogP contribution in [-0.2, 0) is 9.53 Å². The molecule has 1 atom stereocenters. The number of nitrogens with two attached hydrogens (primary N) is 1. The van der Waals surface area contributed by atoms with E-state index < -0.39 is 5.97 Å². The van der Waals surface area contributed by atoms with E-state index in [-0.39, 0.29) is 29.1 Å². The van der Waals surface area contributed by atoms with Crippen molar-refractivity contribution in [3.05, 3.63) is 30.2 Å². The monoisotopic (exact) mass is 431 g/mol. The van der Waals surface area contributed by atoms with E-state index in [1.54, 1.807) is 25.4 Å². The van der Waals surface area contributed by atoms with Crippen LogP contribution < -0.4 is 10.6 Å². The second-order valence-corrected chi connectivity index (χ2v) is 7.72. The summed E-state index contributed by atoms with van der Waals surface area (Å²) >= 11 is 1.25. The molecule has 10 nitrogen and oxygen atoms in total. The molecule has 1 saturated heterocycles. The first-order valence-electron chi connectivity index (χ1n) is 9.80. The number of hydrogen-bond donors (Lipinski definition) is 1. The summed E-state index contributed by atoms with van der Waals surface area (Å²) in [4.78, 5) is 45.7. The number of nitrogen functional groups attached to an aromatic ring is 1. The SMILES string of the molecule is CCOC(=O)c1cnc(S[C@@H](CC)C(=O)N2CCN(c3ncccn3)CC2)nc1N. The molecular formula is C19H25N7O3S. The fourth-order valence-corrected chi connectivity index (χ4v) is 3.96. The molecule has 0 radical (unpaired) electrons. The Labute approximate surface area is 179 Å². The van der Waals surface area contributed by atoms with Gasteiger partial charge < -0.3 is 20.3 Å². The largest absolute Gasteiger partial charge is 0.462 e. The van der Waals surface area contributed by atoms with Crippen molar-refractivity contribution in [2.75, 3.05) is 43.4 Å². The van der Waals surface area contributed by atoms with Crippen LogP contribution >= 0.6 is 11.8 Å². The van der Waals surface area contributed by atoms with Gasteiger partial charge in [0.2, 0.25) is 11.9 Å². The number of esters is 1. The summed E-state index contributed by atoms with van der Waals surface area (Å²) in [5.74, 6) is 0.198. The number of carbonyl (C=O) groups is 2. The van der Waals surface area contributed by atoms with Crippen LogP contribution in [0.15, 0.2) is 29.8 Å². The maximum absolute atomic E-state index is 13.0. The minimum atomic E-state index is -0.560. The molecule has 30 heavy (non-hydrogen) atoms. The van der Waals surface area contributed by atoms with Gasteiger partial charge in [0.1, 0.15) is 11.4 Å². The predicted molar refractivity (Wildman–Crippen MR) is 113 cm³/mol. The number of carbonyl (C=O) groups excluding carboxylic acids is 2. The van der Waals surface area contributed by atoms with Crippen LogP contribution in [0.25, 0.3) is 0 Å². The van der Waals surface area contributed by atoms with E-state index in [2.05, 4.69) is 24.8 Å². The van der Waals surface area contributed by atoms with E-state index in [1.807, 2.05) is 11.8 Å². The number of nitrogens with zero attached hydrogens (tertiary/aromatic N) is 6. The lowest BCUT2D eigenvalue weighted by Gasteiger charge is -2.36. The molecule has 3 heterocycles. The van der Waals surface area contributed by atoms with Crippen LogP contribution in [-0.4, -0.2) is 74.7 Å². The summed E-state index contributed by atoms with van der Waals surface area (Å²) in [6.07, 6.45) is 5.39. The normalized spacial score (nSPS) is 15.0. The summed E-state index contributed by atoms with van der Waals surface area (Å²) in [6, 6.07) is 1.78. The van der Waals surface area contributed by atoms with Crippen molar-refractivity contribution in [3.63, 3.8) is 0 Å². The topological polar surface area (TPSA) is 127 Å². The van der Waals surface area contributed by atoms with Gasteiger partial charge in [-0.15, -0.1) is 0 Å². The molecule has 2 aromatic heterocycles. The summed E-state index contributed by atoms with van der Waals surface area (Å²) in [7, 11) is 0. The van der Waals surface area contributed by atoms with Crippen LogP contribution in [0.1, 0.15) is 30.6 Å². The molecule has 0 aromatic carbocycles. The zero-order chi connectivity index (χ0) is 21.5. The number of amides is 1. The van der Waals surface area contributed by atoms with E-state index in [9.17, 15) is 9.59 Å². The first kappa shape index (κ1) is 21.8. The third-order valence-corrected chi connectivity index (χ3v) is 5.84. The van der Waals surface area contributed by atoms with Gasteiger partial charge in [-0.1, -0.05) is 18.7 Å². The molecule has 1 aliphatic heterocycles. The maximum Gasteiger partial charge on any atom is 0.343 e. The third-order valence-electron chi connectivity index (χ3n) is 4.61. The summed E-state index contributed by atoms with van der Waals surface area (Å²) in [5, 5.41) is 0.0226. The minimum absolute atomic E-state index is 0.0350. The van der Waals surface area contributed by atoms with E-state index in [0.29, 0.717) is 43.7 Å². The van der Waals surface area contributed by atoms with Gasteiger partial charge in [0.25, 0.3) is 0 Å². The van der Waals surface area contributed by atoms with Gasteiger partial charge in [-0.3, -0.25) is 4.79 Å². The van der Waals surface area contributed by atoms with Gasteiger partial charge in [-0.05, 0) is 19.4 Å². The Bertz CT molecular complexity index is 876. The highest BCUT2D eigenvalue weighted by molar-refractivity contribution is 8.00. The molecule has 0 aliphatic carbocycles. The van der Waals surface area contributed by atoms with E-state index in [0.717, 1.165) is 0 Å². The molecule has 1 amide bonds. The van der Waals surface area contributed by atoms with Crippen molar-refractivity contribution < 1.29 is 14.3 Å². The molecule has 2 aromatic rings. The Balaban J connectivity index is 1.60. The number of thioether (sulfide) groups is 1. The molecule has 0 bridgehead atoms. The number of aromatic nitrogens is 4. The Morgan fingerprint density at radius 3 is 2.47 bits per heavy atom. The smallest absolute Gasteiger partial charge is 0.343 e. The molecule has 11 heteroatoms. The van der Waals surface area contributed by atoms with Crippen LogP contribution in [0, 0.1) is 0 Å². The van der Waals surface area contributed by atoms with Gasteiger partial charge in [0, 0.05) is 44.8 Å². The van der Waals surface area contributed by atoms with Crippen LogP contribution in [0.2, 0.25) is 0 Å². The molecule has 0 unspecified atom stereocenters. The Morgan fingerprint density at radius 1 is 1.17 bits per heavy atom. The molecule has 3 rings (SSSR count). The zero-order valence-electron chi connectivity index (χ0n) is 17.0. The van der Waals surface area contributed by atoms with Crippen molar-refractivity contribution in [1.82, 2.24) is 24.8 Å². The van der Waals surface area contributed by atoms with Crippen molar-refractivity contribution in [1.29, 1.82) is 0 Å². The lowest BCUT2D eigenvalue weighted by Crippen LogP contribution is -2.51. The number of piperazine rings is 1. The van der Waals surface area contributed by atoms with E-state index >= 15 is 0 Å². The lowest BCUT2D eigenvalue weighted by molar-refractivity contribution is -0.130. The first-order valence-corrected chi connectivity index (χ1v) is 10.7. The summed E-state index contributed by atoms with van der Waals surface area (Å²) in [6.45, 7) is 6.44. The van der Waals surface area contributed by atoms with E-state index in [1.165, 1.54) is 18.0 Å². The van der Waals surface area contributed by atoms with Gasteiger partial charge in [0.05, 0.1) is 11.9 Å². The highest BCUT2D eigenvalue weighted by atomic mass is 32.2. The fraction of sp³-hybridized carbons (Fsp3) is 0.474. The third kappa shape index (κ3) is 5.15.